The maximum atomic E-state index is 3.59. The van der Waals surface area contributed by atoms with E-state index in [1.54, 1.807) is 0 Å². The van der Waals surface area contributed by atoms with Gasteiger partial charge in [0, 0.05) is 23.6 Å². The first-order valence-electron chi connectivity index (χ1n) is 6.80. The monoisotopic (exact) mass is 315 g/mol. The van der Waals surface area contributed by atoms with Crippen molar-refractivity contribution in [1.82, 2.24) is 4.90 Å². The summed E-state index contributed by atoms with van der Waals surface area (Å²) < 4.78 is 1.18. The second-order valence-electron chi connectivity index (χ2n) is 5.23. The second kappa shape index (κ2) is 5.48. The topological polar surface area (TPSA) is 3.24 Å². The molecule has 0 radical (unpaired) electrons. The van der Waals surface area contributed by atoms with Crippen LogP contribution < -0.4 is 0 Å². The molecule has 0 bridgehead atoms. The zero-order valence-corrected chi connectivity index (χ0v) is 12.7. The van der Waals surface area contributed by atoms with Gasteiger partial charge in [-0.3, -0.25) is 4.90 Å². The van der Waals surface area contributed by atoms with Crippen molar-refractivity contribution >= 4 is 15.9 Å². The third-order valence-corrected chi connectivity index (χ3v) is 4.50. The second-order valence-corrected chi connectivity index (χ2v) is 6.14. The van der Waals surface area contributed by atoms with E-state index >= 15 is 0 Å². The highest BCUT2D eigenvalue weighted by Gasteiger charge is 2.23. The van der Waals surface area contributed by atoms with Crippen LogP contribution in [0.1, 0.15) is 29.7 Å². The molecule has 0 aromatic heterocycles. The number of hydrogen-bond acceptors (Lipinski definition) is 1. The normalized spacial score (nSPS) is 19.2. The van der Waals surface area contributed by atoms with Gasteiger partial charge in [0.2, 0.25) is 0 Å². The van der Waals surface area contributed by atoms with Crippen molar-refractivity contribution in [3.05, 3.63) is 69.7 Å². The quantitative estimate of drug-likeness (QED) is 0.784. The molecule has 2 heteroatoms. The lowest BCUT2D eigenvalue weighted by Crippen LogP contribution is -2.33. The van der Waals surface area contributed by atoms with Crippen LogP contribution in [0.2, 0.25) is 0 Å². The molecule has 1 aliphatic heterocycles. The van der Waals surface area contributed by atoms with Gasteiger partial charge < -0.3 is 0 Å². The number of rotatable bonds is 2. The van der Waals surface area contributed by atoms with Crippen LogP contribution in [0, 0.1) is 0 Å². The number of hydrogen-bond donors (Lipinski definition) is 0. The van der Waals surface area contributed by atoms with E-state index in [0.717, 1.165) is 19.5 Å². The minimum absolute atomic E-state index is 0.487. The summed E-state index contributed by atoms with van der Waals surface area (Å²) in [6.45, 7) is 4.49. The Bertz CT molecular complexity index is 565. The maximum Gasteiger partial charge on any atom is 0.0326 e. The molecule has 98 valence electrons. The maximum absolute atomic E-state index is 3.59. The van der Waals surface area contributed by atoms with Gasteiger partial charge in [0.15, 0.2) is 0 Å². The van der Waals surface area contributed by atoms with E-state index in [1.807, 2.05) is 0 Å². The first-order valence-corrected chi connectivity index (χ1v) is 7.59. The fourth-order valence-corrected chi connectivity index (χ4v) is 3.25. The SMILES string of the molecule is CC1c2cc(Br)ccc2CCN1Cc1ccccc1. The molecule has 1 atom stereocenters. The lowest BCUT2D eigenvalue weighted by molar-refractivity contribution is 0.189. The number of halogens is 1. The Morgan fingerprint density at radius 1 is 1.16 bits per heavy atom. The largest absolute Gasteiger partial charge is 0.292 e. The summed E-state index contributed by atoms with van der Waals surface area (Å²) in [6.07, 6.45) is 1.15. The zero-order chi connectivity index (χ0) is 13.2. The van der Waals surface area contributed by atoms with Gasteiger partial charge in [0.1, 0.15) is 0 Å². The minimum atomic E-state index is 0.487. The van der Waals surface area contributed by atoms with Crippen molar-refractivity contribution in [1.29, 1.82) is 0 Å². The molecule has 1 nitrogen and oxygen atoms in total. The van der Waals surface area contributed by atoms with Crippen molar-refractivity contribution in [3.8, 4) is 0 Å². The highest BCUT2D eigenvalue weighted by molar-refractivity contribution is 9.10. The molecular weight excluding hydrogens is 298 g/mol. The summed E-state index contributed by atoms with van der Waals surface area (Å²) in [7, 11) is 0. The Labute approximate surface area is 123 Å². The molecule has 0 aliphatic carbocycles. The molecule has 0 amide bonds. The summed E-state index contributed by atoms with van der Waals surface area (Å²) in [4.78, 5) is 2.56. The molecule has 0 N–H and O–H groups in total. The predicted molar refractivity (Wildman–Crippen MR) is 83.1 cm³/mol. The van der Waals surface area contributed by atoms with E-state index in [-0.39, 0.29) is 0 Å². The van der Waals surface area contributed by atoms with Crippen LogP contribution in [0.4, 0.5) is 0 Å². The molecule has 0 saturated carbocycles. The third kappa shape index (κ3) is 2.75. The smallest absolute Gasteiger partial charge is 0.0326 e. The van der Waals surface area contributed by atoms with E-state index in [0.29, 0.717) is 6.04 Å². The van der Waals surface area contributed by atoms with Crippen LogP contribution in [0.15, 0.2) is 53.0 Å². The lowest BCUT2D eigenvalue weighted by Gasteiger charge is -2.35. The highest BCUT2D eigenvalue weighted by Crippen LogP contribution is 2.32. The molecule has 2 aromatic carbocycles. The van der Waals surface area contributed by atoms with Crippen molar-refractivity contribution in [2.45, 2.75) is 25.9 Å². The molecule has 19 heavy (non-hydrogen) atoms. The van der Waals surface area contributed by atoms with Gasteiger partial charge in [-0.1, -0.05) is 52.3 Å². The van der Waals surface area contributed by atoms with Gasteiger partial charge in [-0.2, -0.15) is 0 Å². The summed E-state index contributed by atoms with van der Waals surface area (Å²) >= 11 is 3.59. The number of nitrogens with zero attached hydrogens (tertiary/aromatic N) is 1. The Balaban J connectivity index is 1.83. The van der Waals surface area contributed by atoms with E-state index in [2.05, 4.69) is 76.3 Å². The van der Waals surface area contributed by atoms with Crippen molar-refractivity contribution in [3.63, 3.8) is 0 Å². The number of fused-ring (bicyclic) bond motifs is 1. The fourth-order valence-electron chi connectivity index (χ4n) is 2.87. The van der Waals surface area contributed by atoms with E-state index in [9.17, 15) is 0 Å². The molecule has 3 rings (SSSR count). The van der Waals surface area contributed by atoms with Gasteiger partial charge in [-0.25, -0.2) is 0 Å². The summed E-state index contributed by atoms with van der Waals surface area (Å²) in [6, 6.07) is 17.9. The molecular formula is C17H18BrN. The van der Waals surface area contributed by atoms with Gasteiger partial charge in [0.25, 0.3) is 0 Å². The summed E-state index contributed by atoms with van der Waals surface area (Å²) in [5.41, 5.74) is 4.37. The first-order chi connectivity index (χ1) is 9.24. The number of benzene rings is 2. The average molecular weight is 316 g/mol. The molecule has 2 aromatic rings. The summed E-state index contributed by atoms with van der Waals surface area (Å²) in [5.74, 6) is 0. The standard InChI is InChI=1S/C17H18BrN/c1-13-17-11-16(18)8-7-15(17)9-10-19(13)12-14-5-3-2-4-6-14/h2-8,11,13H,9-10,12H2,1H3. The Morgan fingerprint density at radius 3 is 2.74 bits per heavy atom. The van der Waals surface area contributed by atoms with Crippen LogP contribution in [-0.2, 0) is 13.0 Å². The van der Waals surface area contributed by atoms with Crippen LogP contribution >= 0.6 is 15.9 Å². The van der Waals surface area contributed by atoms with Crippen LogP contribution in [0.3, 0.4) is 0 Å². The zero-order valence-electron chi connectivity index (χ0n) is 11.1. The molecule has 0 fully saturated rings. The Morgan fingerprint density at radius 2 is 1.95 bits per heavy atom. The van der Waals surface area contributed by atoms with Gasteiger partial charge >= 0.3 is 0 Å². The average Bonchev–Trinajstić information content (AvgIpc) is 2.44. The van der Waals surface area contributed by atoms with Gasteiger partial charge in [-0.05, 0) is 42.2 Å². The third-order valence-electron chi connectivity index (χ3n) is 4.00. The van der Waals surface area contributed by atoms with Gasteiger partial charge in [-0.15, -0.1) is 0 Å². The Kier molecular flexibility index (Phi) is 3.72. The lowest BCUT2D eigenvalue weighted by atomic mass is 9.93. The van der Waals surface area contributed by atoms with Crippen LogP contribution in [0.25, 0.3) is 0 Å². The van der Waals surface area contributed by atoms with Crippen molar-refractivity contribution in [2.24, 2.45) is 0 Å². The first kappa shape index (κ1) is 12.9. The molecule has 1 unspecified atom stereocenters. The van der Waals surface area contributed by atoms with E-state index < -0.39 is 0 Å². The van der Waals surface area contributed by atoms with Crippen molar-refractivity contribution < 1.29 is 0 Å². The molecule has 1 aliphatic rings. The van der Waals surface area contributed by atoms with Gasteiger partial charge in [0.05, 0.1) is 0 Å². The molecule has 0 spiro atoms. The molecule has 1 heterocycles. The van der Waals surface area contributed by atoms with Crippen LogP contribution in [-0.4, -0.2) is 11.4 Å². The molecule has 0 saturated heterocycles. The van der Waals surface area contributed by atoms with Crippen molar-refractivity contribution in [2.75, 3.05) is 6.54 Å². The predicted octanol–water partition coefficient (Wildman–Crippen LogP) is 4.57. The Hall–Kier alpha value is -1.12. The van der Waals surface area contributed by atoms with E-state index in [1.165, 1.54) is 21.2 Å². The summed E-state index contributed by atoms with van der Waals surface area (Å²) in [5, 5.41) is 0. The van der Waals surface area contributed by atoms with E-state index in [4.69, 9.17) is 0 Å². The highest BCUT2D eigenvalue weighted by atomic mass is 79.9. The van der Waals surface area contributed by atoms with Crippen LogP contribution in [0.5, 0.6) is 0 Å². The minimum Gasteiger partial charge on any atom is -0.292 e. The fraction of sp³-hybridized carbons (Fsp3) is 0.294.